The van der Waals surface area contributed by atoms with Crippen molar-refractivity contribution in [2.75, 3.05) is 13.1 Å². The van der Waals surface area contributed by atoms with Gasteiger partial charge in [-0.2, -0.15) is 0 Å². The summed E-state index contributed by atoms with van der Waals surface area (Å²) in [4.78, 5) is 20.7. The largest absolute Gasteiger partial charge is 0.353 e. The number of carbonyl (C=O) groups excluding carboxylic acids is 1. The lowest BCUT2D eigenvalue weighted by Gasteiger charge is -2.23. The summed E-state index contributed by atoms with van der Waals surface area (Å²) in [6.07, 6.45) is 6.64. The highest BCUT2D eigenvalue weighted by atomic mass is 16.2. The van der Waals surface area contributed by atoms with E-state index >= 15 is 0 Å². The number of imidazole rings is 1. The van der Waals surface area contributed by atoms with Gasteiger partial charge in [0.25, 0.3) is 0 Å². The number of amides is 1. The number of aromatic nitrogens is 3. The van der Waals surface area contributed by atoms with E-state index in [4.69, 9.17) is 0 Å². The number of pyridine rings is 1. The third-order valence-corrected chi connectivity index (χ3v) is 4.00. The molecule has 2 aromatic heterocycles. The Morgan fingerprint density at radius 2 is 2.25 bits per heavy atom. The van der Waals surface area contributed by atoms with Crippen molar-refractivity contribution < 1.29 is 4.79 Å². The van der Waals surface area contributed by atoms with Crippen LogP contribution in [0.25, 0.3) is 11.0 Å². The van der Waals surface area contributed by atoms with E-state index < -0.39 is 0 Å². The van der Waals surface area contributed by atoms with Gasteiger partial charge in [-0.1, -0.05) is 0 Å². The number of hydrogen-bond acceptors (Lipinski definition) is 4. The average molecular weight is 271 g/mol. The van der Waals surface area contributed by atoms with Crippen molar-refractivity contribution >= 4 is 16.9 Å². The van der Waals surface area contributed by atoms with Gasteiger partial charge in [0.2, 0.25) is 5.91 Å². The van der Waals surface area contributed by atoms with E-state index in [9.17, 15) is 4.79 Å². The lowest BCUT2D eigenvalue weighted by atomic mass is 10.1. The molecule has 1 saturated heterocycles. The maximum atomic E-state index is 11.9. The van der Waals surface area contributed by atoms with Crippen LogP contribution < -0.4 is 10.6 Å². The monoisotopic (exact) mass is 271 g/mol. The number of hydrogen-bond donors (Lipinski definition) is 2. The first kappa shape index (κ1) is 11.8. The molecule has 0 bridgehead atoms. The third kappa shape index (κ3) is 1.96. The molecule has 1 atom stereocenters. The van der Waals surface area contributed by atoms with E-state index in [2.05, 4.69) is 25.2 Å². The Morgan fingerprint density at radius 1 is 1.35 bits per heavy atom. The van der Waals surface area contributed by atoms with E-state index in [0.717, 1.165) is 23.4 Å². The van der Waals surface area contributed by atoms with Crippen LogP contribution in [-0.2, 0) is 11.2 Å². The Bertz CT molecular complexity index is 661. The van der Waals surface area contributed by atoms with Gasteiger partial charge in [0.15, 0.2) is 0 Å². The minimum Gasteiger partial charge on any atom is -0.353 e. The van der Waals surface area contributed by atoms with Crippen LogP contribution in [0.15, 0.2) is 18.5 Å². The predicted molar refractivity (Wildman–Crippen MR) is 74.3 cm³/mol. The number of nitrogens with one attached hydrogen (secondary N) is 2. The van der Waals surface area contributed by atoms with Crippen LogP contribution in [0, 0.1) is 0 Å². The van der Waals surface area contributed by atoms with Gasteiger partial charge < -0.3 is 15.2 Å². The van der Waals surface area contributed by atoms with Gasteiger partial charge in [-0.05, 0) is 18.9 Å². The molecule has 2 fully saturated rings. The standard InChI is InChI=1S/C14H17N5O/c20-14-10(16-5-6-17-14)7-13-18-11-8-15-4-3-12(11)19(13)9-1-2-9/h3-4,8-10,16H,1-2,5-7H2,(H,17,20). The molecule has 20 heavy (non-hydrogen) atoms. The van der Waals surface area contributed by atoms with Gasteiger partial charge in [0.1, 0.15) is 11.3 Å². The number of fused-ring (bicyclic) bond motifs is 1. The average Bonchev–Trinajstić information content (AvgIpc) is 3.23. The summed E-state index contributed by atoms with van der Waals surface area (Å²) in [7, 11) is 0. The van der Waals surface area contributed by atoms with Crippen molar-refractivity contribution in [3.05, 3.63) is 24.3 Å². The molecule has 2 aliphatic rings. The quantitative estimate of drug-likeness (QED) is 0.847. The number of piperazine rings is 1. The molecule has 1 aliphatic carbocycles. The van der Waals surface area contributed by atoms with Crippen molar-refractivity contribution in [3.8, 4) is 0 Å². The van der Waals surface area contributed by atoms with Gasteiger partial charge in [0, 0.05) is 31.7 Å². The van der Waals surface area contributed by atoms with Crippen molar-refractivity contribution in [2.45, 2.75) is 31.3 Å². The van der Waals surface area contributed by atoms with Crippen LogP contribution in [0.3, 0.4) is 0 Å². The maximum Gasteiger partial charge on any atom is 0.237 e. The van der Waals surface area contributed by atoms with Crippen LogP contribution in [0.4, 0.5) is 0 Å². The summed E-state index contributed by atoms with van der Waals surface area (Å²) >= 11 is 0. The molecular formula is C14H17N5O. The van der Waals surface area contributed by atoms with Crippen molar-refractivity contribution in [2.24, 2.45) is 0 Å². The fourth-order valence-electron chi connectivity index (χ4n) is 2.88. The third-order valence-electron chi connectivity index (χ3n) is 4.00. The molecule has 6 heteroatoms. The zero-order chi connectivity index (χ0) is 13.5. The molecule has 4 rings (SSSR count). The lowest BCUT2D eigenvalue weighted by Crippen LogP contribution is -2.54. The zero-order valence-corrected chi connectivity index (χ0v) is 11.2. The molecule has 0 aromatic carbocycles. The second-order valence-electron chi connectivity index (χ2n) is 5.50. The molecule has 104 valence electrons. The van der Waals surface area contributed by atoms with Crippen LogP contribution >= 0.6 is 0 Å². The van der Waals surface area contributed by atoms with Crippen molar-refractivity contribution in [1.82, 2.24) is 25.2 Å². The van der Waals surface area contributed by atoms with E-state index in [-0.39, 0.29) is 11.9 Å². The molecule has 0 radical (unpaired) electrons. The Morgan fingerprint density at radius 3 is 3.05 bits per heavy atom. The summed E-state index contributed by atoms with van der Waals surface area (Å²) in [6, 6.07) is 2.38. The molecule has 1 amide bonds. The van der Waals surface area contributed by atoms with Gasteiger partial charge in [-0.3, -0.25) is 9.78 Å². The Kier molecular flexibility index (Phi) is 2.70. The Hall–Kier alpha value is -1.95. The van der Waals surface area contributed by atoms with Crippen molar-refractivity contribution in [1.29, 1.82) is 0 Å². The smallest absolute Gasteiger partial charge is 0.237 e. The molecule has 2 aromatic rings. The highest BCUT2D eigenvalue weighted by molar-refractivity contribution is 5.83. The molecule has 6 nitrogen and oxygen atoms in total. The lowest BCUT2D eigenvalue weighted by molar-refractivity contribution is -0.124. The summed E-state index contributed by atoms with van der Waals surface area (Å²) in [5.41, 5.74) is 2.05. The maximum absolute atomic E-state index is 11.9. The van der Waals surface area contributed by atoms with Crippen LogP contribution in [0.2, 0.25) is 0 Å². The number of nitrogens with zero attached hydrogens (tertiary/aromatic N) is 3. The molecular weight excluding hydrogens is 254 g/mol. The number of rotatable bonds is 3. The second kappa shape index (κ2) is 4.56. The van der Waals surface area contributed by atoms with Crippen LogP contribution in [0.1, 0.15) is 24.7 Å². The minimum atomic E-state index is -0.175. The SMILES string of the molecule is O=C1NCCNC1Cc1nc2cnccc2n1C1CC1. The van der Waals surface area contributed by atoms with E-state index in [1.807, 2.05) is 6.07 Å². The molecule has 0 spiro atoms. The summed E-state index contributed by atoms with van der Waals surface area (Å²) in [5, 5.41) is 6.17. The molecule has 1 aliphatic heterocycles. The summed E-state index contributed by atoms with van der Waals surface area (Å²) in [5.74, 6) is 1.06. The fraction of sp³-hybridized carbons (Fsp3) is 0.500. The van der Waals surface area contributed by atoms with E-state index in [1.165, 1.54) is 12.8 Å². The van der Waals surface area contributed by atoms with Gasteiger partial charge in [-0.15, -0.1) is 0 Å². The van der Waals surface area contributed by atoms with E-state index in [1.54, 1.807) is 12.4 Å². The first-order chi connectivity index (χ1) is 9.83. The highest BCUT2D eigenvalue weighted by Crippen LogP contribution is 2.38. The first-order valence-corrected chi connectivity index (χ1v) is 7.15. The summed E-state index contributed by atoms with van der Waals surface area (Å²) < 4.78 is 2.29. The number of carbonyl (C=O) groups is 1. The Balaban J connectivity index is 1.71. The molecule has 3 heterocycles. The van der Waals surface area contributed by atoms with Gasteiger partial charge >= 0.3 is 0 Å². The molecule has 2 N–H and O–H groups in total. The van der Waals surface area contributed by atoms with Gasteiger partial charge in [0.05, 0.1) is 17.8 Å². The van der Waals surface area contributed by atoms with Crippen molar-refractivity contribution in [3.63, 3.8) is 0 Å². The van der Waals surface area contributed by atoms with Crippen LogP contribution in [-0.4, -0.2) is 39.6 Å². The first-order valence-electron chi connectivity index (χ1n) is 7.15. The summed E-state index contributed by atoms with van der Waals surface area (Å²) in [6.45, 7) is 1.53. The second-order valence-corrected chi connectivity index (χ2v) is 5.50. The van der Waals surface area contributed by atoms with Gasteiger partial charge in [-0.25, -0.2) is 4.98 Å². The normalized spacial score (nSPS) is 23.0. The Labute approximate surface area is 116 Å². The van der Waals surface area contributed by atoms with E-state index in [0.29, 0.717) is 19.0 Å². The molecule has 1 unspecified atom stereocenters. The fourth-order valence-corrected chi connectivity index (χ4v) is 2.88. The zero-order valence-electron chi connectivity index (χ0n) is 11.2. The molecule has 1 saturated carbocycles. The highest BCUT2D eigenvalue weighted by Gasteiger charge is 2.30. The predicted octanol–water partition coefficient (Wildman–Crippen LogP) is 0.397. The minimum absolute atomic E-state index is 0.0729. The topological polar surface area (TPSA) is 71.8 Å². The van der Waals surface area contributed by atoms with Crippen LogP contribution in [0.5, 0.6) is 0 Å².